The van der Waals surface area contributed by atoms with Crippen LogP contribution in [0.1, 0.15) is 15.9 Å². The molecule has 0 bridgehead atoms. The van der Waals surface area contributed by atoms with E-state index in [2.05, 4.69) is 10.3 Å². The predicted molar refractivity (Wildman–Crippen MR) is 112 cm³/mol. The highest BCUT2D eigenvalue weighted by Crippen LogP contribution is 2.26. The van der Waals surface area contributed by atoms with Crippen LogP contribution in [0.5, 0.6) is 11.5 Å². The van der Waals surface area contributed by atoms with Gasteiger partial charge in [0.15, 0.2) is 0 Å². The number of ether oxygens (including phenoxy) is 1. The molecule has 0 aliphatic carbocycles. The Morgan fingerprint density at radius 3 is 2.66 bits per heavy atom. The first-order valence-corrected chi connectivity index (χ1v) is 9.86. The molecule has 29 heavy (non-hydrogen) atoms. The Labute approximate surface area is 171 Å². The number of hydrogen-bond donors (Lipinski definition) is 1. The number of pyridine rings is 1. The van der Waals surface area contributed by atoms with Gasteiger partial charge in [-0.3, -0.25) is 9.78 Å². The maximum atomic E-state index is 13.0. The van der Waals surface area contributed by atoms with Crippen LogP contribution in [0.25, 0.3) is 10.6 Å². The Kier molecular flexibility index (Phi) is 5.63. The number of carbonyl (C=O) groups excluding carboxylic acids is 1. The predicted octanol–water partition coefficient (Wildman–Crippen LogP) is 5.67. The highest BCUT2D eigenvalue weighted by atomic mass is 32.1. The van der Waals surface area contributed by atoms with Gasteiger partial charge >= 0.3 is 0 Å². The van der Waals surface area contributed by atoms with Gasteiger partial charge < -0.3 is 10.1 Å². The highest BCUT2D eigenvalue weighted by Gasteiger charge is 2.11. The minimum absolute atomic E-state index is 0.212. The molecule has 0 fully saturated rings. The van der Waals surface area contributed by atoms with Crippen LogP contribution in [0.3, 0.4) is 0 Å². The molecule has 144 valence electrons. The van der Waals surface area contributed by atoms with Crippen molar-refractivity contribution < 1.29 is 13.9 Å². The number of benzene rings is 2. The maximum absolute atomic E-state index is 13.0. The first-order valence-electron chi connectivity index (χ1n) is 8.98. The van der Waals surface area contributed by atoms with Gasteiger partial charge in [-0.1, -0.05) is 18.2 Å². The second-order valence-electron chi connectivity index (χ2n) is 6.25. The number of hydrogen-bond acceptors (Lipinski definition) is 4. The van der Waals surface area contributed by atoms with E-state index in [0.717, 1.165) is 16.1 Å². The lowest BCUT2D eigenvalue weighted by Gasteiger charge is -2.10. The summed E-state index contributed by atoms with van der Waals surface area (Å²) in [7, 11) is 0. The fraction of sp³-hybridized carbons (Fsp3) is 0.0435. The van der Waals surface area contributed by atoms with E-state index < -0.39 is 0 Å². The lowest BCUT2D eigenvalue weighted by atomic mass is 10.1. The Morgan fingerprint density at radius 1 is 1.00 bits per heavy atom. The second kappa shape index (κ2) is 8.67. The molecule has 4 nitrogen and oxygen atoms in total. The van der Waals surface area contributed by atoms with Gasteiger partial charge in [0.05, 0.1) is 10.6 Å². The average Bonchev–Trinajstić information content (AvgIpc) is 3.29. The largest absolute Gasteiger partial charge is 0.457 e. The van der Waals surface area contributed by atoms with Gasteiger partial charge in [0.2, 0.25) is 0 Å². The van der Waals surface area contributed by atoms with Crippen molar-refractivity contribution in [2.75, 3.05) is 0 Å². The first kappa shape index (κ1) is 18.8. The zero-order chi connectivity index (χ0) is 20.1. The van der Waals surface area contributed by atoms with E-state index in [4.69, 9.17) is 4.74 Å². The van der Waals surface area contributed by atoms with Crippen molar-refractivity contribution in [2.24, 2.45) is 0 Å². The normalized spacial score (nSPS) is 10.5. The van der Waals surface area contributed by atoms with Crippen molar-refractivity contribution in [3.8, 4) is 22.1 Å². The molecule has 1 amide bonds. The minimum atomic E-state index is -0.331. The lowest BCUT2D eigenvalue weighted by molar-refractivity contribution is 0.0950. The van der Waals surface area contributed by atoms with Gasteiger partial charge in [-0.05, 0) is 65.5 Å². The number of thiophene rings is 1. The molecule has 2 aromatic heterocycles. The van der Waals surface area contributed by atoms with Crippen LogP contribution in [0.2, 0.25) is 0 Å². The summed E-state index contributed by atoms with van der Waals surface area (Å²) in [5.41, 5.74) is 2.30. The number of carbonyl (C=O) groups is 1. The molecule has 0 aliphatic heterocycles. The molecule has 4 rings (SSSR count). The van der Waals surface area contributed by atoms with Crippen molar-refractivity contribution in [3.63, 3.8) is 0 Å². The second-order valence-corrected chi connectivity index (χ2v) is 7.20. The summed E-state index contributed by atoms with van der Waals surface area (Å²) in [5, 5.41) is 4.94. The summed E-state index contributed by atoms with van der Waals surface area (Å²) in [6, 6.07) is 20.4. The molecule has 0 atom stereocenters. The van der Waals surface area contributed by atoms with Gasteiger partial charge in [0, 0.05) is 18.3 Å². The number of nitrogens with zero attached hydrogens (tertiary/aromatic N) is 1. The summed E-state index contributed by atoms with van der Waals surface area (Å²) in [6.45, 7) is 0.364. The third-order valence-electron chi connectivity index (χ3n) is 4.23. The third-order valence-corrected chi connectivity index (χ3v) is 5.11. The molecule has 4 aromatic rings. The van der Waals surface area contributed by atoms with Crippen LogP contribution in [0.4, 0.5) is 4.39 Å². The standard InChI is InChI=1S/C23H17FN2O2S/c24-18-8-10-19(11-9-18)28-20-6-1-4-16(14-20)23(27)26-15-17-5-2-12-25-22(17)21-7-3-13-29-21/h1-14H,15H2,(H,26,27). The first-order chi connectivity index (χ1) is 14.2. The van der Waals surface area contributed by atoms with E-state index in [1.165, 1.54) is 24.3 Å². The SMILES string of the molecule is O=C(NCc1cccnc1-c1cccs1)c1cccc(Oc2ccc(F)cc2)c1. The van der Waals surface area contributed by atoms with Crippen LogP contribution >= 0.6 is 11.3 Å². The quantitative estimate of drug-likeness (QED) is 0.450. The smallest absolute Gasteiger partial charge is 0.251 e. The Morgan fingerprint density at radius 2 is 1.86 bits per heavy atom. The zero-order valence-corrected chi connectivity index (χ0v) is 16.2. The molecule has 2 aromatic carbocycles. The van der Waals surface area contributed by atoms with Gasteiger partial charge in [0.25, 0.3) is 5.91 Å². The summed E-state index contributed by atoms with van der Waals surface area (Å²) >= 11 is 1.61. The number of halogens is 1. The lowest BCUT2D eigenvalue weighted by Crippen LogP contribution is -2.23. The molecule has 0 saturated carbocycles. The summed E-state index contributed by atoms with van der Waals surface area (Å²) < 4.78 is 18.7. The van der Waals surface area contributed by atoms with Crippen molar-refractivity contribution in [1.29, 1.82) is 0 Å². The molecule has 2 heterocycles. The molecule has 0 aliphatic rings. The summed E-state index contributed by atoms with van der Waals surface area (Å²) in [6.07, 6.45) is 1.75. The molecule has 0 radical (unpaired) electrons. The van der Waals surface area contributed by atoms with E-state index in [-0.39, 0.29) is 11.7 Å². The summed E-state index contributed by atoms with van der Waals surface area (Å²) in [4.78, 5) is 18.1. The molecular formula is C23H17FN2O2S. The number of rotatable bonds is 6. The van der Waals surface area contributed by atoms with E-state index in [1.54, 1.807) is 41.8 Å². The molecular weight excluding hydrogens is 387 g/mol. The van der Waals surface area contributed by atoms with Crippen molar-refractivity contribution >= 4 is 17.2 Å². The van der Waals surface area contributed by atoms with E-state index in [0.29, 0.717) is 23.6 Å². The third kappa shape index (κ3) is 4.67. The Balaban J connectivity index is 1.45. The average molecular weight is 404 g/mol. The van der Waals surface area contributed by atoms with E-state index >= 15 is 0 Å². The van der Waals surface area contributed by atoms with Crippen LogP contribution in [0.15, 0.2) is 84.4 Å². The van der Waals surface area contributed by atoms with Crippen LogP contribution in [0, 0.1) is 5.82 Å². The number of aromatic nitrogens is 1. The maximum Gasteiger partial charge on any atom is 0.251 e. The van der Waals surface area contributed by atoms with Gasteiger partial charge in [-0.2, -0.15) is 0 Å². The number of nitrogens with one attached hydrogen (secondary N) is 1. The molecule has 0 saturated heterocycles. The van der Waals surface area contributed by atoms with Crippen LogP contribution in [-0.4, -0.2) is 10.9 Å². The van der Waals surface area contributed by atoms with Gasteiger partial charge in [0.1, 0.15) is 17.3 Å². The molecule has 0 unspecified atom stereocenters. The molecule has 6 heteroatoms. The van der Waals surface area contributed by atoms with Crippen LogP contribution in [-0.2, 0) is 6.54 Å². The Hall–Kier alpha value is -3.51. The van der Waals surface area contributed by atoms with E-state index in [9.17, 15) is 9.18 Å². The van der Waals surface area contributed by atoms with Crippen LogP contribution < -0.4 is 10.1 Å². The Bertz CT molecular complexity index is 1110. The molecule has 0 spiro atoms. The van der Waals surface area contributed by atoms with Crippen molar-refractivity contribution in [2.45, 2.75) is 6.54 Å². The fourth-order valence-corrected chi connectivity index (χ4v) is 3.59. The topological polar surface area (TPSA) is 51.2 Å². The highest BCUT2D eigenvalue weighted by molar-refractivity contribution is 7.13. The van der Waals surface area contributed by atoms with E-state index in [1.807, 2.05) is 29.6 Å². The minimum Gasteiger partial charge on any atom is -0.457 e. The van der Waals surface area contributed by atoms with Gasteiger partial charge in [-0.25, -0.2) is 4.39 Å². The van der Waals surface area contributed by atoms with Gasteiger partial charge in [-0.15, -0.1) is 11.3 Å². The summed E-state index contributed by atoms with van der Waals surface area (Å²) in [5.74, 6) is 0.461. The monoisotopic (exact) mass is 404 g/mol. The number of amides is 1. The zero-order valence-electron chi connectivity index (χ0n) is 15.3. The van der Waals surface area contributed by atoms with Crippen molar-refractivity contribution in [3.05, 3.63) is 101 Å². The van der Waals surface area contributed by atoms with Crippen molar-refractivity contribution in [1.82, 2.24) is 10.3 Å². The molecule has 1 N–H and O–H groups in total. The fourth-order valence-electron chi connectivity index (χ4n) is 2.83.